The Hall–Kier alpha value is -7.60. The lowest BCUT2D eigenvalue weighted by Crippen LogP contribution is -2.47. The molecule has 0 saturated heterocycles. The van der Waals surface area contributed by atoms with Crippen molar-refractivity contribution in [2.24, 2.45) is 23.7 Å². The average molecular weight is 1360 g/mol. The topological polar surface area (TPSA) is 142 Å². The Morgan fingerprint density at radius 3 is 1.03 bits per heavy atom. The molecule has 100 heavy (non-hydrogen) atoms. The number of esters is 4. The fraction of sp³-hybridized carbons (Fsp3) is 0.545. The Morgan fingerprint density at radius 2 is 0.700 bits per heavy atom. The van der Waals surface area contributed by atoms with Crippen molar-refractivity contribution in [2.75, 3.05) is 0 Å². The molecule has 6 aromatic rings. The number of benzene rings is 6. The zero-order valence-electron chi connectivity index (χ0n) is 63.0. The van der Waals surface area contributed by atoms with Crippen LogP contribution in [0.25, 0.3) is 22.3 Å². The minimum atomic E-state index is -1.05. The maximum Gasteiger partial charge on any atom is 0.423 e. The van der Waals surface area contributed by atoms with Crippen LogP contribution in [0.5, 0.6) is 46.0 Å². The molecular formula is C88H112O12. The van der Waals surface area contributed by atoms with Gasteiger partial charge in [-0.1, -0.05) is 153 Å². The summed E-state index contributed by atoms with van der Waals surface area (Å²) in [6.45, 7) is 34.3. The number of aryl methyl sites for hydroxylation is 6. The van der Waals surface area contributed by atoms with Crippen molar-refractivity contribution in [2.45, 2.75) is 286 Å². The van der Waals surface area contributed by atoms with E-state index >= 15 is 0 Å². The summed E-state index contributed by atoms with van der Waals surface area (Å²) in [5.74, 6) is 2.21. The van der Waals surface area contributed by atoms with Crippen molar-refractivity contribution in [1.82, 2.24) is 0 Å². The van der Waals surface area contributed by atoms with E-state index in [1.807, 2.05) is 38.1 Å². The van der Waals surface area contributed by atoms with E-state index in [0.717, 1.165) is 220 Å². The van der Waals surface area contributed by atoms with E-state index < -0.39 is 35.1 Å². The summed E-state index contributed by atoms with van der Waals surface area (Å²) in [5.41, 5.74) is 11.5. The third-order valence-electron chi connectivity index (χ3n) is 22.4. The molecule has 0 bridgehead atoms. The Kier molecular flexibility index (Phi) is 22.5. The first kappa shape index (κ1) is 73.6. The standard InChI is InChI=1S/2C44H56O6/c2*1-9-11-13-15-29-23-35(39-31-21-27(3)17-19-33(31)43(5,6)49-37(39)25-29)47-41(45)42(46)48-36-24-30(16-14-12-10-2)26-38-40(36)32-22-28(4)18-20-34(32)44(7,8)50-38/h2*17,19,21,23-26,28,32,34H,9-16,18,20,22H2,1-8H3/t28-,32+,34+;28-,32-,34-/m01/s1. The number of hydrogen-bond donors (Lipinski definition) is 0. The van der Waals surface area contributed by atoms with Crippen LogP contribution in [0.4, 0.5) is 0 Å². The molecule has 12 heteroatoms. The number of hydrogen-bond acceptors (Lipinski definition) is 12. The highest BCUT2D eigenvalue weighted by Crippen LogP contribution is 2.59. The molecule has 0 spiro atoms. The highest BCUT2D eigenvalue weighted by Gasteiger charge is 2.50. The van der Waals surface area contributed by atoms with Crippen LogP contribution in [0.15, 0.2) is 84.9 Å². The van der Waals surface area contributed by atoms with E-state index in [4.69, 9.17) is 37.9 Å². The quantitative estimate of drug-likeness (QED) is 0.0311. The first-order valence-corrected chi connectivity index (χ1v) is 38.2. The lowest BCUT2D eigenvalue weighted by Gasteiger charge is -2.49. The predicted molar refractivity (Wildman–Crippen MR) is 397 cm³/mol. The predicted octanol–water partition coefficient (Wildman–Crippen LogP) is 21.9. The largest absolute Gasteiger partial charge is 0.487 e. The van der Waals surface area contributed by atoms with Gasteiger partial charge in [0.1, 0.15) is 68.4 Å². The van der Waals surface area contributed by atoms with Crippen LogP contribution in [0, 0.1) is 37.5 Å². The van der Waals surface area contributed by atoms with Crippen LogP contribution in [0.1, 0.15) is 280 Å². The van der Waals surface area contributed by atoms with E-state index in [9.17, 15) is 19.2 Å². The maximum absolute atomic E-state index is 13.8. The van der Waals surface area contributed by atoms with E-state index in [1.165, 1.54) is 0 Å². The van der Waals surface area contributed by atoms with E-state index in [0.29, 0.717) is 57.5 Å². The van der Waals surface area contributed by atoms with Crippen molar-refractivity contribution < 1.29 is 57.1 Å². The molecule has 2 fully saturated rings. The normalized spacial score (nSPS) is 21.0. The van der Waals surface area contributed by atoms with Crippen molar-refractivity contribution in [3.63, 3.8) is 0 Å². The minimum absolute atomic E-state index is 0.174. The lowest BCUT2D eigenvalue weighted by molar-refractivity contribution is -0.156. The number of ether oxygens (including phenoxy) is 8. The Labute approximate surface area is 596 Å². The fourth-order valence-electron chi connectivity index (χ4n) is 17.2. The van der Waals surface area contributed by atoms with Gasteiger partial charge in [0.15, 0.2) is 0 Å². The van der Waals surface area contributed by atoms with Crippen LogP contribution in [-0.2, 0) is 56.1 Å². The van der Waals surface area contributed by atoms with Gasteiger partial charge in [0, 0.05) is 34.1 Å². The molecule has 0 amide bonds. The molecule has 0 unspecified atom stereocenters. The van der Waals surface area contributed by atoms with Gasteiger partial charge in [-0.25, -0.2) is 19.2 Å². The Morgan fingerprint density at radius 1 is 0.390 bits per heavy atom. The number of fused-ring (bicyclic) bond motifs is 12. The fourth-order valence-corrected chi connectivity index (χ4v) is 17.2. The summed E-state index contributed by atoms with van der Waals surface area (Å²) in [6.07, 6.45) is 22.6. The molecule has 6 atom stereocenters. The molecule has 12 rings (SSSR count). The summed E-state index contributed by atoms with van der Waals surface area (Å²) in [7, 11) is 0. The highest BCUT2D eigenvalue weighted by atomic mass is 16.6. The number of rotatable bonds is 20. The summed E-state index contributed by atoms with van der Waals surface area (Å²) in [5, 5.41) is 0. The second-order valence-corrected chi connectivity index (χ2v) is 32.3. The Bertz CT molecular complexity index is 3760. The smallest absolute Gasteiger partial charge is 0.423 e. The molecular weight excluding hydrogens is 1250 g/mol. The molecule has 2 saturated carbocycles. The van der Waals surface area contributed by atoms with Gasteiger partial charge in [-0.2, -0.15) is 0 Å². The van der Waals surface area contributed by atoms with E-state index in [-0.39, 0.29) is 34.9 Å². The zero-order chi connectivity index (χ0) is 71.6. The zero-order valence-corrected chi connectivity index (χ0v) is 63.0. The van der Waals surface area contributed by atoms with Gasteiger partial charge in [0.05, 0.1) is 11.1 Å². The summed E-state index contributed by atoms with van der Waals surface area (Å²) in [4.78, 5) is 55.3. The number of unbranched alkanes of at least 4 members (excludes halogenated alkanes) is 8. The summed E-state index contributed by atoms with van der Waals surface area (Å²) >= 11 is 0. The minimum Gasteiger partial charge on any atom is -0.487 e. The van der Waals surface area contributed by atoms with E-state index in [2.05, 4.69) is 158 Å². The van der Waals surface area contributed by atoms with Crippen LogP contribution in [0.3, 0.4) is 0 Å². The molecule has 2 aliphatic carbocycles. The third kappa shape index (κ3) is 16.0. The SMILES string of the molecule is CCCCCc1cc(OC(=O)C(=O)Oc2cc(CCCCC)cc3c2[C@@H]2C[C@@H](C)CC[C@H]2C(C)(C)O3)c2c(c1)OC(C)(C)c1ccc(C)cc1-2.CCCCCc1cc(OC(=O)C(=O)Oc2cc(CCCCC)cc3c2[C@@H]2C[C@H](C)CC[C@H]2C(C)(C)O3)c2c(c1)OC(C)(C)c1ccc(C)cc1-2. The Balaban J connectivity index is 0.000000202. The molecule has 536 valence electrons. The average Bonchev–Trinajstić information content (AvgIpc) is 0.762. The molecule has 12 nitrogen and oxygen atoms in total. The third-order valence-corrected chi connectivity index (χ3v) is 22.4. The van der Waals surface area contributed by atoms with Crippen LogP contribution >= 0.6 is 0 Å². The van der Waals surface area contributed by atoms with Gasteiger partial charge < -0.3 is 37.9 Å². The number of carbonyl (C=O) groups excluding carboxylic acids is 4. The number of carbonyl (C=O) groups is 4. The van der Waals surface area contributed by atoms with Gasteiger partial charge in [0.25, 0.3) is 0 Å². The molecule has 0 aromatic heterocycles. The molecule has 4 aliphatic heterocycles. The van der Waals surface area contributed by atoms with Crippen LogP contribution in [-0.4, -0.2) is 35.1 Å². The van der Waals surface area contributed by atoms with Gasteiger partial charge in [-0.05, 0) is 252 Å². The van der Waals surface area contributed by atoms with Crippen LogP contribution < -0.4 is 37.9 Å². The molecule has 6 aromatic carbocycles. The lowest BCUT2D eigenvalue weighted by atomic mass is 9.64. The van der Waals surface area contributed by atoms with Crippen LogP contribution in [0.2, 0.25) is 0 Å². The maximum atomic E-state index is 13.8. The van der Waals surface area contributed by atoms with Crippen molar-refractivity contribution in [3.05, 3.63) is 141 Å². The molecule has 0 N–H and O–H groups in total. The van der Waals surface area contributed by atoms with Crippen molar-refractivity contribution in [1.29, 1.82) is 0 Å². The van der Waals surface area contributed by atoms with Crippen molar-refractivity contribution >= 4 is 23.9 Å². The first-order chi connectivity index (χ1) is 47.6. The summed E-state index contributed by atoms with van der Waals surface area (Å²) < 4.78 is 50.9. The molecule has 0 radical (unpaired) electrons. The molecule has 6 aliphatic rings. The van der Waals surface area contributed by atoms with Gasteiger partial charge >= 0.3 is 23.9 Å². The van der Waals surface area contributed by atoms with Crippen molar-refractivity contribution in [3.8, 4) is 68.2 Å². The highest BCUT2D eigenvalue weighted by molar-refractivity contribution is 6.31. The van der Waals surface area contributed by atoms with Gasteiger partial charge in [-0.15, -0.1) is 0 Å². The first-order valence-electron chi connectivity index (χ1n) is 38.2. The monoisotopic (exact) mass is 1360 g/mol. The van der Waals surface area contributed by atoms with Gasteiger partial charge in [-0.3, -0.25) is 0 Å². The van der Waals surface area contributed by atoms with E-state index in [1.54, 1.807) is 0 Å². The van der Waals surface area contributed by atoms with Gasteiger partial charge in [0.2, 0.25) is 0 Å². The summed E-state index contributed by atoms with van der Waals surface area (Å²) in [6, 6.07) is 28.6. The second-order valence-electron chi connectivity index (χ2n) is 32.3. The molecule has 4 heterocycles. The second kappa shape index (κ2) is 30.5.